The molecule has 0 heterocycles. The van der Waals surface area contributed by atoms with E-state index in [2.05, 4.69) is 33.4 Å². The van der Waals surface area contributed by atoms with Crippen molar-refractivity contribution in [3.05, 3.63) is 58.1 Å². The number of hydrogen-bond acceptors (Lipinski definition) is 3. The van der Waals surface area contributed by atoms with Crippen molar-refractivity contribution in [2.24, 2.45) is 5.73 Å². The fraction of sp³-hybridized carbons (Fsp3) is 0.133. The van der Waals surface area contributed by atoms with Gasteiger partial charge in [-0.3, -0.25) is 4.79 Å². The van der Waals surface area contributed by atoms with Gasteiger partial charge in [-0.25, -0.2) is 0 Å². The summed E-state index contributed by atoms with van der Waals surface area (Å²) in [5.74, 6) is -0.474. The van der Waals surface area contributed by atoms with Crippen molar-refractivity contribution in [1.82, 2.24) is 0 Å². The van der Waals surface area contributed by atoms with Crippen LogP contribution >= 0.6 is 15.9 Å². The van der Waals surface area contributed by atoms with E-state index in [4.69, 9.17) is 11.5 Å². The van der Waals surface area contributed by atoms with Gasteiger partial charge >= 0.3 is 0 Å². The highest BCUT2D eigenvalue weighted by atomic mass is 79.9. The van der Waals surface area contributed by atoms with Crippen LogP contribution in [0.1, 0.15) is 15.9 Å². The molecule has 0 aliphatic heterocycles. The molecular weight excluding hydrogens is 318 g/mol. The van der Waals surface area contributed by atoms with Gasteiger partial charge in [0, 0.05) is 16.6 Å². The summed E-state index contributed by atoms with van der Waals surface area (Å²) < 4.78 is 1.07. The first-order valence-electron chi connectivity index (χ1n) is 6.24. The smallest absolute Gasteiger partial charge is 0.248 e. The van der Waals surface area contributed by atoms with Gasteiger partial charge in [-0.15, -0.1) is 0 Å². The highest BCUT2D eigenvalue weighted by Crippen LogP contribution is 2.19. The molecule has 104 valence electrons. The summed E-state index contributed by atoms with van der Waals surface area (Å²) in [6, 6.07) is 13.2. The second kappa shape index (κ2) is 6.43. The molecule has 0 spiro atoms. The number of hydrogen-bond donors (Lipinski definition) is 3. The van der Waals surface area contributed by atoms with E-state index < -0.39 is 5.91 Å². The van der Waals surface area contributed by atoms with Crippen LogP contribution in [0, 0.1) is 0 Å². The summed E-state index contributed by atoms with van der Waals surface area (Å²) >= 11 is 3.41. The Balaban J connectivity index is 1.94. The Morgan fingerprint density at radius 2 is 1.85 bits per heavy atom. The average Bonchev–Trinajstić information content (AvgIpc) is 2.42. The average molecular weight is 334 g/mol. The van der Waals surface area contributed by atoms with Gasteiger partial charge in [0.05, 0.1) is 11.4 Å². The van der Waals surface area contributed by atoms with E-state index in [-0.39, 0.29) is 0 Å². The molecule has 1 amide bonds. The molecule has 20 heavy (non-hydrogen) atoms. The topological polar surface area (TPSA) is 81.1 Å². The van der Waals surface area contributed by atoms with Gasteiger partial charge < -0.3 is 16.8 Å². The lowest BCUT2D eigenvalue weighted by atomic mass is 10.1. The van der Waals surface area contributed by atoms with Gasteiger partial charge in [0.15, 0.2) is 0 Å². The minimum Gasteiger partial charge on any atom is -0.397 e. The molecule has 0 bridgehead atoms. The van der Waals surface area contributed by atoms with Gasteiger partial charge in [-0.05, 0) is 42.3 Å². The Bertz CT molecular complexity index is 611. The van der Waals surface area contributed by atoms with Gasteiger partial charge in [-0.2, -0.15) is 0 Å². The Kier molecular flexibility index (Phi) is 4.63. The van der Waals surface area contributed by atoms with E-state index in [1.54, 1.807) is 18.2 Å². The van der Waals surface area contributed by atoms with Crippen LogP contribution in [0.4, 0.5) is 11.4 Å². The van der Waals surface area contributed by atoms with Crippen LogP contribution in [0.3, 0.4) is 0 Å². The van der Waals surface area contributed by atoms with Crippen molar-refractivity contribution in [1.29, 1.82) is 0 Å². The number of carbonyl (C=O) groups excluding carboxylic acids is 1. The number of nitrogen functional groups attached to an aromatic ring is 1. The maximum atomic E-state index is 11.0. The Hall–Kier alpha value is -2.01. The number of anilines is 2. The summed E-state index contributed by atoms with van der Waals surface area (Å²) in [5.41, 5.74) is 14.1. The quantitative estimate of drug-likeness (QED) is 0.736. The zero-order chi connectivity index (χ0) is 14.5. The predicted octanol–water partition coefficient (Wildman–Crippen LogP) is 2.78. The van der Waals surface area contributed by atoms with E-state index in [1.165, 1.54) is 5.56 Å². The van der Waals surface area contributed by atoms with E-state index >= 15 is 0 Å². The normalized spacial score (nSPS) is 10.2. The first-order chi connectivity index (χ1) is 9.56. The standard InChI is InChI=1S/C15H16BrN3O/c16-12-4-1-10(2-5-12)7-8-19-14-6-3-11(15(18)20)9-13(14)17/h1-6,9,19H,7-8,17H2,(H2,18,20). The van der Waals surface area contributed by atoms with Crippen molar-refractivity contribution < 1.29 is 4.79 Å². The summed E-state index contributed by atoms with van der Waals surface area (Å²) in [6.45, 7) is 0.766. The molecule has 0 saturated heterocycles. The molecule has 4 nitrogen and oxygen atoms in total. The fourth-order valence-corrected chi connectivity index (χ4v) is 2.13. The van der Waals surface area contributed by atoms with Gasteiger partial charge in [0.1, 0.15) is 0 Å². The molecule has 0 aliphatic carbocycles. The molecule has 5 N–H and O–H groups in total. The van der Waals surface area contributed by atoms with E-state index in [0.717, 1.165) is 23.1 Å². The number of primary amides is 1. The first kappa shape index (κ1) is 14.4. The van der Waals surface area contributed by atoms with E-state index in [9.17, 15) is 4.79 Å². The molecule has 2 rings (SSSR count). The molecule has 0 unspecified atom stereocenters. The molecule has 0 radical (unpaired) electrons. The van der Waals surface area contributed by atoms with E-state index in [1.807, 2.05) is 12.1 Å². The first-order valence-corrected chi connectivity index (χ1v) is 7.03. The monoisotopic (exact) mass is 333 g/mol. The molecule has 2 aromatic carbocycles. The Morgan fingerprint density at radius 1 is 1.15 bits per heavy atom. The lowest BCUT2D eigenvalue weighted by molar-refractivity contribution is 0.100. The van der Waals surface area contributed by atoms with Crippen molar-refractivity contribution >= 4 is 33.2 Å². The second-order valence-corrected chi connectivity index (χ2v) is 5.39. The van der Waals surface area contributed by atoms with Gasteiger partial charge in [0.2, 0.25) is 5.91 Å². The summed E-state index contributed by atoms with van der Waals surface area (Å²) in [6.07, 6.45) is 0.893. The molecule has 0 fully saturated rings. The summed E-state index contributed by atoms with van der Waals surface area (Å²) in [7, 11) is 0. The SMILES string of the molecule is NC(=O)c1ccc(NCCc2ccc(Br)cc2)c(N)c1. The van der Waals surface area contributed by atoms with Crippen LogP contribution in [-0.2, 0) is 6.42 Å². The number of carbonyl (C=O) groups is 1. The van der Waals surface area contributed by atoms with Gasteiger partial charge in [-0.1, -0.05) is 28.1 Å². The van der Waals surface area contributed by atoms with Crippen molar-refractivity contribution in [3.8, 4) is 0 Å². The lowest BCUT2D eigenvalue weighted by Gasteiger charge is -2.10. The van der Waals surface area contributed by atoms with Crippen LogP contribution in [0.15, 0.2) is 46.9 Å². The maximum Gasteiger partial charge on any atom is 0.248 e. The van der Waals surface area contributed by atoms with Crippen molar-refractivity contribution in [3.63, 3.8) is 0 Å². The number of rotatable bonds is 5. The zero-order valence-corrected chi connectivity index (χ0v) is 12.5. The minimum absolute atomic E-state index is 0.418. The second-order valence-electron chi connectivity index (χ2n) is 4.47. The summed E-state index contributed by atoms with van der Waals surface area (Å²) in [4.78, 5) is 11.0. The largest absolute Gasteiger partial charge is 0.397 e. The molecular formula is C15H16BrN3O. The van der Waals surface area contributed by atoms with Crippen molar-refractivity contribution in [2.75, 3.05) is 17.6 Å². The highest BCUT2D eigenvalue weighted by molar-refractivity contribution is 9.10. The molecule has 0 saturated carbocycles. The molecule has 0 atom stereocenters. The van der Waals surface area contributed by atoms with Crippen LogP contribution < -0.4 is 16.8 Å². The van der Waals surface area contributed by atoms with E-state index in [0.29, 0.717) is 11.3 Å². The number of nitrogens with two attached hydrogens (primary N) is 2. The zero-order valence-electron chi connectivity index (χ0n) is 10.9. The van der Waals surface area contributed by atoms with Crippen LogP contribution in [-0.4, -0.2) is 12.5 Å². The third kappa shape index (κ3) is 3.74. The third-order valence-corrected chi connectivity index (χ3v) is 3.51. The molecule has 0 aliphatic rings. The molecule has 5 heteroatoms. The number of amides is 1. The summed E-state index contributed by atoms with van der Waals surface area (Å²) in [5, 5.41) is 3.25. The fourth-order valence-electron chi connectivity index (χ4n) is 1.87. The van der Waals surface area contributed by atoms with Crippen molar-refractivity contribution in [2.45, 2.75) is 6.42 Å². The number of nitrogens with one attached hydrogen (secondary N) is 1. The highest BCUT2D eigenvalue weighted by Gasteiger charge is 2.04. The van der Waals surface area contributed by atoms with Gasteiger partial charge in [0.25, 0.3) is 0 Å². The molecule has 0 aromatic heterocycles. The maximum absolute atomic E-state index is 11.0. The van der Waals surface area contributed by atoms with Crippen LogP contribution in [0.2, 0.25) is 0 Å². The number of benzene rings is 2. The predicted molar refractivity (Wildman–Crippen MR) is 85.7 cm³/mol. The Labute approximate surface area is 126 Å². The third-order valence-electron chi connectivity index (χ3n) is 2.98. The van der Waals surface area contributed by atoms with Crippen LogP contribution in [0.5, 0.6) is 0 Å². The van der Waals surface area contributed by atoms with Crippen LogP contribution in [0.25, 0.3) is 0 Å². The minimum atomic E-state index is -0.474. The molecule has 2 aromatic rings. The number of halogens is 1. The Morgan fingerprint density at radius 3 is 2.45 bits per heavy atom. The lowest BCUT2D eigenvalue weighted by Crippen LogP contribution is -2.12.